The number of hydrogen-bond acceptors (Lipinski definition) is 4. The summed E-state index contributed by atoms with van der Waals surface area (Å²) in [6.45, 7) is 9.47. The topological polar surface area (TPSA) is 51.8 Å². The van der Waals surface area contributed by atoms with E-state index < -0.39 is 113 Å². The van der Waals surface area contributed by atoms with Crippen LogP contribution in [-0.2, 0) is 71.1 Å². The van der Waals surface area contributed by atoms with Gasteiger partial charge in [0.1, 0.15) is 11.4 Å². The van der Waals surface area contributed by atoms with Crippen molar-refractivity contribution in [3.63, 3.8) is 0 Å². The minimum atomic E-state index is -3.44. The monoisotopic (exact) mass is 1080 g/mol. The number of halogens is 1. The summed E-state index contributed by atoms with van der Waals surface area (Å²) < 4.78 is 192. The Hall–Kier alpha value is -6.07. The maximum absolute atomic E-state index is 14.8. The van der Waals surface area contributed by atoms with E-state index in [1.807, 2.05) is 0 Å². The molecule has 0 N–H and O–H groups in total. The summed E-state index contributed by atoms with van der Waals surface area (Å²) in [5, 5.41) is 0.396. The predicted molar refractivity (Wildman–Crippen MR) is 268 cm³/mol. The number of fused-ring (bicyclic) bond motifs is 3. The third kappa shape index (κ3) is 11.9. The second-order valence-corrected chi connectivity index (χ2v) is 17.7. The van der Waals surface area contributed by atoms with Crippen molar-refractivity contribution in [1.29, 1.82) is 0 Å². The maximum Gasteiger partial charge on any atom is 3.00 e. The number of rotatable bonds is 14. The molecule has 0 saturated heterocycles. The van der Waals surface area contributed by atoms with Gasteiger partial charge in [-0.3, -0.25) is 0 Å². The van der Waals surface area contributed by atoms with E-state index >= 15 is 0 Å². The van der Waals surface area contributed by atoms with Crippen LogP contribution in [0.1, 0.15) is 111 Å². The van der Waals surface area contributed by atoms with Crippen molar-refractivity contribution in [2.45, 2.75) is 92.5 Å². The quantitative estimate of drug-likeness (QED) is 0.102. The molecule has 0 aliphatic carbocycles. The molecule has 0 fully saturated rings. The van der Waals surface area contributed by atoms with Crippen LogP contribution in [0.3, 0.4) is 0 Å². The van der Waals surface area contributed by atoms with Crippen molar-refractivity contribution in [3.8, 4) is 33.8 Å². The average molecular weight is 1080 g/mol. The van der Waals surface area contributed by atoms with E-state index in [-0.39, 0.29) is 70.4 Å². The van der Waals surface area contributed by atoms with Crippen molar-refractivity contribution in [2.24, 2.45) is 10.8 Å². The first kappa shape index (κ1) is 29.6. The first-order valence-corrected chi connectivity index (χ1v) is 21.3. The number of nitrogens with zero attached hydrogens (tertiary/aromatic N) is 3. The first-order chi connectivity index (χ1) is 38.7. The van der Waals surface area contributed by atoms with Gasteiger partial charge in [-0.2, -0.15) is 0 Å². The van der Waals surface area contributed by atoms with Crippen molar-refractivity contribution >= 4 is 21.9 Å². The molecule has 67 heavy (non-hydrogen) atoms. The molecule has 338 valence electrons. The zero-order chi connectivity index (χ0) is 61.9. The van der Waals surface area contributed by atoms with Crippen molar-refractivity contribution in [2.75, 3.05) is 0 Å². The van der Waals surface area contributed by atoms with Crippen molar-refractivity contribution in [3.05, 3.63) is 208 Å². The van der Waals surface area contributed by atoms with E-state index in [4.69, 9.17) is 7.16 Å². The number of hydrogen-bond donors (Lipinski definition) is 0. The van der Waals surface area contributed by atoms with Crippen LogP contribution in [0, 0.1) is 34.8 Å². The molecular formula is C61H57FIrN3O. The van der Waals surface area contributed by atoms with Crippen LogP contribution < -0.4 is 0 Å². The van der Waals surface area contributed by atoms with Gasteiger partial charge in [-0.25, -0.2) is 4.39 Å². The fraction of sp³-hybridized carbons (Fsp3) is 0.262. The first-order valence-electron chi connectivity index (χ1n) is 30.3. The molecule has 9 rings (SSSR count). The molecular weight excluding hydrogens is 1000 g/mol. The van der Waals surface area contributed by atoms with Gasteiger partial charge >= 0.3 is 20.1 Å². The molecule has 4 nitrogen and oxygen atoms in total. The maximum atomic E-state index is 14.8. The molecule has 4 heterocycles. The average Bonchev–Trinajstić information content (AvgIpc) is 1.82. The number of benzene rings is 5. The predicted octanol–water partition coefficient (Wildman–Crippen LogP) is 14.8. The summed E-state index contributed by atoms with van der Waals surface area (Å²) in [6.07, 6.45) is -21.9. The van der Waals surface area contributed by atoms with Crippen LogP contribution in [0.4, 0.5) is 4.39 Å². The van der Waals surface area contributed by atoms with Gasteiger partial charge in [0, 0.05) is 45.9 Å². The molecule has 4 aromatic heterocycles. The van der Waals surface area contributed by atoms with E-state index in [0.29, 0.717) is 16.5 Å². The van der Waals surface area contributed by atoms with Crippen molar-refractivity contribution in [1.82, 2.24) is 15.0 Å². The van der Waals surface area contributed by atoms with Crippen LogP contribution in [-0.4, -0.2) is 15.0 Å². The molecule has 9 aromatic rings. The van der Waals surface area contributed by atoms with Crippen molar-refractivity contribution < 1.29 is 53.6 Å². The Morgan fingerprint density at radius 3 is 1.60 bits per heavy atom. The molecule has 0 aliphatic rings. The fourth-order valence-electron chi connectivity index (χ4n) is 7.18. The van der Waals surface area contributed by atoms with Gasteiger partial charge in [0.15, 0.2) is 0 Å². The van der Waals surface area contributed by atoms with Gasteiger partial charge in [-0.05, 0) is 142 Å². The summed E-state index contributed by atoms with van der Waals surface area (Å²) in [5.41, 5.74) is -5.36. The van der Waals surface area contributed by atoms with E-state index in [2.05, 4.69) is 33.2 Å². The van der Waals surface area contributed by atoms with Crippen LogP contribution in [0.15, 0.2) is 144 Å². The largest absolute Gasteiger partial charge is 3.00 e. The Labute approximate surface area is 434 Å². The summed E-state index contributed by atoms with van der Waals surface area (Å²) in [6, 6.07) is 33.0. The SMILES string of the molecule is [2H]c1cc2oc3c(-c4ccc(C([2H])([2H])C([2H])([2H])c5cc(C([2H])([2H])C([2H])([2H])c6cnc(-c7[c-]cccc7)cc6C([2H])([2H])C(C)(C)C)cc(C([2H])([2H])C([2H])([2H])c6cnc(-c7[c-]cccc7)cc6C([2H])([2H])C(C)(C)C)c5)cn4)[c-]ccc3c2c([2H])c1F.[Ir+3]. The van der Waals surface area contributed by atoms with Gasteiger partial charge in [-0.15, -0.1) is 90.0 Å². The molecule has 0 atom stereocenters. The Morgan fingerprint density at radius 1 is 0.552 bits per heavy atom. The molecule has 0 aliphatic heterocycles. The molecule has 0 bridgehead atoms. The number of aryl methyl sites for hydroxylation is 6. The summed E-state index contributed by atoms with van der Waals surface area (Å²) in [4.78, 5) is 13.3. The zero-order valence-corrected chi connectivity index (χ0v) is 40.0. The van der Waals surface area contributed by atoms with E-state index in [1.54, 1.807) is 90.1 Å². The fourth-order valence-corrected chi connectivity index (χ4v) is 7.18. The minimum absolute atomic E-state index is 0. The molecule has 6 heteroatoms. The Kier molecular flexibility index (Phi) is 9.04. The van der Waals surface area contributed by atoms with Gasteiger partial charge < -0.3 is 19.4 Å². The van der Waals surface area contributed by atoms with E-state index in [9.17, 15) is 26.3 Å². The molecule has 5 aromatic carbocycles. The normalized spacial score (nSPS) is 17.5. The smallest absolute Gasteiger partial charge is 0.501 e. The summed E-state index contributed by atoms with van der Waals surface area (Å²) >= 11 is 0. The van der Waals surface area contributed by atoms with Gasteiger partial charge in [0.25, 0.3) is 0 Å². The third-order valence-corrected chi connectivity index (χ3v) is 10.0. The van der Waals surface area contributed by atoms with Crippen LogP contribution in [0.2, 0.25) is 0 Å². The summed E-state index contributed by atoms with van der Waals surface area (Å²) in [7, 11) is 0. The van der Waals surface area contributed by atoms with E-state index in [1.165, 1.54) is 36.4 Å². The molecule has 0 amide bonds. The molecule has 0 saturated carbocycles. The second kappa shape index (κ2) is 20.4. The molecule has 0 radical (unpaired) electrons. The van der Waals surface area contributed by atoms with Crippen LogP contribution in [0.25, 0.3) is 55.7 Å². The Morgan fingerprint density at radius 2 is 1.09 bits per heavy atom. The van der Waals surface area contributed by atoms with Gasteiger partial charge in [0.2, 0.25) is 0 Å². The second-order valence-electron chi connectivity index (χ2n) is 17.7. The molecule has 0 unspecified atom stereocenters. The standard InChI is InChI=1S/C61H57FN3O.Ir/c1-60(2,3)36-49-33-56(45-14-9-7-10-15-45)64-39-47(49)25-22-43-30-42(31-44(32-43)23-26-48-40-65-57(46-16-11-8-12-17-46)34-50(48)37-61(4,5)6)21-20-41-24-28-55(63-38-41)53-19-13-18-52-54-35-51(62)27-29-58(54)66-59(52)53;/h7-14,16,18,24,27-35,38-40H,20-23,25-26,36-37H2,1-6H3;/q-3;+3/i20D2,21D2,22D2,23D2,25D2,26D2,27D,35D,36D2,37D2;. The molecule has 0 spiro atoms. The van der Waals surface area contributed by atoms with Gasteiger partial charge in [0.05, 0.1) is 8.32 Å². The number of pyridine rings is 3. The van der Waals surface area contributed by atoms with Gasteiger partial charge in [-0.1, -0.05) is 95.0 Å². The Bertz CT molecular complexity index is 3840. The van der Waals surface area contributed by atoms with E-state index in [0.717, 1.165) is 42.9 Å². The number of furan rings is 1. The Balaban J connectivity index is 0.00000940. The van der Waals surface area contributed by atoms with Crippen LogP contribution >= 0.6 is 0 Å². The summed E-state index contributed by atoms with van der Waals surface area (Å²) in [5.74, 6) is -1.06. The van der Waals surface area contributed by atoms with Crippen LogP contribution in [0.5, 0.6) is 0 Å². The third-order valence-electron chi connectivity index (χ3n) is 10.0. The number of aromatic nitrogens is 3. The minimum Gasteiger partial charge on any atom is -0.501 e. The zero-order valence-electron chi connectivity index (χ0n) is 55.6.